The maximum absolute atomic E-state index is 11.9. The SMILES string of the molecule is O=C(CCc1ccc(Cl)c(Cl)c1)NC1CCC(O)CC1. The minimum atomic E-state index is -0.195. The zero-order valence-corrected chi connectivity index (χ0v) is 12.8. The van der Waals surface area contributed by atoms with Gasteiger partial charge in [0.25, 0.3) is 0 Å². The van der Waals surface area contributed by atoms with Crippen LogP contribution < -0.4 is 5.32 Å². The van der Waals surface area contributed by atoms with E-state index in [2.05, 4.69) is 5.32 Å². The van der Waals surface area contributed by atoms with E-state index in [1.807, 2.05) is 6.07 Å². The maximum Gasteiger partial charge on any atom is 0.220 e. The monoisotopic (exact) mass is 315 g/mol. The van der Waals surface area contributed by atoms with Gasteiger partial charge in [-0.1, -0.05) is 29.3 Å². The average Bonchev–Trinajstić information content (AvgIpc) is 2.43. The van der Waals surface area contributed by atoms with E-state index in [1.165, 1.54) is 0 Å². The van der Waals surface area contributed by atoms with Gasteiger partial charge in [-0.15, -0.1) is 0 Å². The third-order valence-corrected chi connectivity index (χ3v) is 4.43. The van der Waals surface area contributed by atoms with Crippen molar-refractivity contribution in [3.05, 3.63) is 33.8 Å². The third-order valence-electron chi connectivity index (χ3n) is 3.69. The Kier molecular flexibility index (Phi) is 5.70. The Bertz CT molecular complexity index is 471. The van der Waals surface area contributed by atoms with Gasteiger partial charge >= 0.3 is 0 Å². The molecule has 2 rings (SSSR count). The van der Waals surface area contributed by atoms with E-state index in [4.69, 9.17) is 23.2 Å². The lowest BCUT2D eigenvalue weighted by Crippen LogP contribution is -2.38. The van der Waals surface area contributed by atoms with Crippen LogP contribution in [0.1, 0.15) is 37.7 Å². The van der Waals surface area contributed by atoms with Crippen LogP contribution in [0.25, 0.3) is 0 Å². The van der Waals surface area contributed by atoms with Crippen LogP contribution in [0.5, 0.6) is 0 Å². The summed E-state index contributed by atoms with van der Waals surface area (Å²) in [5, 5.41) is 13.5. The van der Waals surface area contributed by atoms with Gasteiger partial charge in [0.05, 0.1) is 16.1 Å². The fourth-order valence-electron chi connectivity index (χ4n) is 2.47. The second-order valence-electron chi connectivity index (χ2n) is 5.32. The van der Waals surface area contributed by atoms with Gasteiger partial charge in [0.2, 0.25) is 5.91 Å². The number of aryl methyl sites for hydroxylation is 1. The molecule has 1 fully saturated rings. The summed E-state index contributed by atoms with van der Waals surface area (Å²) in [5.74, 6) is 0.0532. The average molecular weight is 316 g/mol. The molecular formula is C15H19Cl2NO2. The molecule has 2 N–H and O–H groups in total. The van der Waals surface area contributed by atoms with Crippen molar-refractivity contribution in [2.45, 2.75) is 50.7 Å². The molecule has 0 heterocycles. The van der Waals surface area contributed by atoms with Gasteiger partial charge in [0.15, 0.2) is 0 Å². The predicted octanol–water partition coefficient (Wildman–Crippen LogP) is 3.35. The van der Waals surface area contributed by atoms with Crippen molar-refractivity contribution in [2.24, 2.45) is 0 Å². The molecule has 1 aromatic rings. The van der Waals surface area contributed by atoms with Crippen molar-refractivity contribution >= 4 is 29.1 Å². The zero-order valence-electron chi connectivity index (χ0n) is 11.2. The Morgan fingerprint density at radius 1 is 1.20 bits per heavy atom. The molecule has 3 nitrogen and oxygen atoms in total. The molecular weight excluding hydrogens is 297 g/mol. The number of aliphatic hydroxyl groups is 1. The lowest BCUT2D eigenvalue weighted by Gasteiger charge is -2.26. The summed E-state index contributed by atoms with van der Waals surface area (Å²) in [6.07, 6.45) is 4.17. The third kappa shape index (κ3) is 4.65. The Morgan fingerprint density at radius 2 is 1.90 bits per heavy atom. The maximum atomic E-state index is 11.9. The van der Waals surface area contributed by atoms with Crippen LogP contribution in [0.3, 0.4) is 0 Å². The van der Waals surface area contributed by atoms with E-state index in [0.29, 0.717) is 22.9 Å². The molecule has 0 spiro atoms. The Hall–Kier alpha value is -0.770. The summed E-state index contributed by atoms with van der Waals surface area (Å²) < 4.78 is 0. The van der Waals surface area contributed by atoms with Gasteiger partial charge in [-0.2, -0.15) is 0 Å². The van der Waals surface area contributed by atoms with Crippen LogP contribution in [-0.4, -0.2) is 23.2 Å². The molecule has 20 heavy (non-hydrogen) atoms. The molecule has 1 aliphatic rings. The van der Waals surface area contributed by atoms with Gasteiger partial charge in [0.1, 0.15) is 0 Å². The smallest absolute Gasteiger partial charge is 0.220 e. The quantitative estimate of drug-likeness (QED) is 0.895. The standard InChI is InChI=1S/C15H19Cl2NO2/c16-13-7-1-10(9-14(13)17)2-8-15(20)18-11-3-5-12(19)6-4-11/h1,7,9,11-12,19H,2-6,8H2,(H,18,20). The van der Waals surface area contributed by atoms with Crippen molar-refractivity contribution in [2.75, 3.05) is 0 Å². The van der Waals surface area contributed by atoms with Crippen LogP contribution in [-0.2, 0) is 11.2 Å². The highest BCUT2D eigenvalue weighted by atomic mass is 35.5. The lowest BCUT2D eigenvalue weighted by atomic mass is 9.93. The number of rotatable bonds is 4. The second-order valence-corrected chi connectivity index (χ2v) is 6.14. The van der Waals surface area contributed by atoms with Crippen LogP contribution >= 0.6 is 23.2 Å². The number of halogens is 2. The fourth-order valence-corrected chi connectivity index (χ4v) is 2.79. The highest BCUT2D eigenvalue weighted by Gasteiger charge is 2.20. The van der Waals surface area contributed by atoms with E-state index in [0.717, 1.165) is 31.2 Å². The van der Waals surface area contributed by atoms with Gasteiger partial charge in [-0.05, 0) is 49.8 Å². The van der Waals surface area contributed by atoms with Gasteiger partial charge < -0.3 is 10.4 Å². The van der Waals surface area contributed by atoms with Gasteiger partial charge in [0, 0.05) is 12.5 Å². The van der Waals surface area contributed by atoms with Crippen molar-refractivity contribution in [3.63, 3.8) is 0 Å². The number of carbonyl (C=O) groups excluding carboxylic acids is 1. The number of carbonyl (C=O) groups is 1. The molecule has 1 amide bonds. The minimum Gasteiger partial charge on any atom is -0.393 e. The Balaban J connectivity index is 1.76. The van der Waals surface area contributed by atoms with Crippen LogP contribution in [0.4, 0.5) is 0 Å². The summed E-state index contributed by atoms with van der Waals surface area (Å²) in [5.41, 5.74) is 1.01. The lowest BCUT2D eigenvalue weighted by molar-refractivity contribution is -0.122. The normalized spacial score (nSPS) is 22.6. The van der Waals surface area contributed by atoms with E-state index >= 15 is 0 Å². The number of benzene rings is 1. The highest BCUT2D eigenvalue weighted by molar-refractivity contribution is 6.42. The Morgan fingerprint density at radius 3 is 2.55 bits per heavy atom. The first-order chi connectivity index (χ1) is 9.54. The molecule has 0 bridgehead atoms. The summed E-state index contributed by atoms with van der Waals surface area (Å²) in [4.78, 5) is 11.9. The first-order valence-corrected chi connectivity index (χ1v) is 7.71. The number of hydrogen-bond acceptors (Lipinski definition) is 2. The number of hydrogen-bond donors (Lipinski definition) is 2. The second kappa shape index (κ2) is 7.30. The van der Waals surface area contributed by atoms with Crippen molar-refractivity contribution in [1.29, 1.82) is 0 Å². The van der Waals surface area contributed by atoms with E-state index in [9.17, 15) is 9.90 Å². The van der Waals surface area contributed by atoms with Crippen LogP contribution in [0.2, 0.25) is 10.0 Å². The molecule has 0 aromatic heterocycles. The largest absolute Gasteiger partial charge is 0.393 e. The Labute approximate surface area is 129 Å². The van der Waals surface area contributed by atoms with Crippen molar-refractivity contribution < 1.29 is 9.90 Å². The summed E-state index contributed by atoms with van der Waals surface area (Å²) in [7, 11) is 0. The highest BCUT2D eigenvalue weighted by Crippen LogP contribution is 2.23. The van der Waals surface area contributed by atoms with E-state index in [1.54, 1.807) is 12.1 Å². The van der Waals surface area contributed by atoms with Crippen molar-refractivity contribution in [3.8, 4) is 0 Å². The predicted molar refractivity (Wildman–Crippen MR) is 81.2 cm³/mol. The molecule has 1 saturated carbocycles. The topological polar surface area (TPSA) is 49.3 Å². The molecule has 1 aromatic carbocycles. The number of nitrogens with one attached hydrogen (secondary N) is 1. The summed E-state index contributed by atoms with van der Waals surface area (Å²) >= 11 is 11.8. The first kappa shape index (κ1) is 15.6. The van der Waals surface area contributed by atoms with E-state index < -0.39 is 0 Å². The number of aliphatic hydroxyl groups excluding tert-OH is 1. The minimum absolute atomic E-state index is 0.0532. The van der Waals surface area contributed by atoms with Crippen LogP contribution in [0.15, 0.2) is 18.2 Å². The molecule has 0 unspecified atom stereocenters. The van der Waals surface area contributed by atoms with E-state index in [-0.39, 0.29) is 18.1 Å². The molecule has 0 saturated heterocycles. The molecule has 110 valence electrons. The zero-order chi connectivity index (χ0) is 14.5. The van der Waals surface area contributed by atoms with Gasteiger partial charge in [-0.25, -0.2) is 0 Å². The summed E-state index contributed by atoms with van der Waals surface area (Å²) in [6, 6.07) is 5.64. The van der Waals surface area contributed by atoms with Gasteiger partial charge in [-0.3, -0.25) is 4.79 Å². The van der Waals surface area contributed by atoms with Crippen LogP contribution in [0, 0.1) is 0 Å². The molecule has 1 aliphatic carbocycles. The summed E-state index contributed by atoms with van der Waals surface area (Å²) in [6.45, 7) is 0. The molecule has 0 atom stereocenters. The molecule has 0 aliphatic heterocycles. The van der Waals surface area contributed by atoms with Crippen molar-refractivity contribution in [1.82, 2.24) is 5.32 Å². The first-order valence-electron chi connectivity index (χ1n) is 6.96. The number of amides is 1. The molecule has 0 radical (unpaired) electrons. The fraction of sp³-hybridized carbons (Fsp3) is 0.533. The molecule has 5 heteroatoms.